The van der Waals surface area contributed by atoms with Crippen LogP contribution in [0.25, 0.3) is 0 Å². The lowest BCUT2D eigenvalue weighted by molar-refractivity contribution is 0.0250. The lowest BCUT2D eigenvalue weighted by Gasteiger charge is -2.12. The summed E-state index contributed by atoms with van der Waals surface area (Å²) < 4.78 is 15.5. The molecule has 0 amide bonds. The summed E-state index contributed by atoms with van der Waals surface area (Å²) in [5, 5.41) is 0. The number of hydrogen-bond acceptors (Lipinski definition) is 3. The van der Waals surface area contributed by atoms with Gasteiger partial charge in [-0.2, -0.15) is 11.1 Å². The molecule has 15 heavy (non-hydrogen) atoms. The molecule has 0 radical (unpaired) electrons. The summed E-state index contributed by atoms with van der Waals surface area (Å²) >= 11 is 6.18. The number of rotatable bonds is 10. The Labute approximate surface area is 98.8 Å². The summed E-state index contributed by atoms with van der Waals surface area (Å²) in [4.78, 5) is 0. The second-order valence-electron chi connectivity index (χ2n) is 4.04. The van der Waals surface area contributed by atoms with E-state index < -0.39 is 7.38 Å². The van der Waals surface area contributed by atoms with Crippen LogP contribution in [0.4, 0.5) is 0 Å². The van der Waals surface area contributed by atoms with E-state index >= 15 is 0 Å². The minimum atomic E-state index is -1.40. The maximum absolute atomic E-state index is 6.18. The van der Waals surface area contributed by atoms with Crippen molar-refractivity contribution in [3.63, 3.8) is 0 Å². The highest BCUT2D eigenvalue weighted by molar-refractivity contribution is 7.19. The van der Waals surface area contributed by atoms with E-state index in [1.807, 2.05) is 0 Å². The van der Waals surface area contributed by atoms with Crippen LogP contribution in [0.2, 0.25) is 19.1 Å². The summed E-state index contributed by atoms with van der Waals surface area (Å²) in [6.07, 6.45) is 1.06. The lowest BCUT2D eigenvalue weighted by Crippen LogP contribution is -2.17. The van der Waals surface area contributed by atoms with Gasteiger partial charge in [-0.05, 0) is 12.5 Å². The van der Waals surface area contributed by atoms with Gasteiger partial charge in [0.05, 0.1) is 26.4 Å². The first-order valence-corrected chi connectivity index (χ1v) is 9.61. The van der Waals surface area contributed by atoms with Crippen molar-refractivity contribution in [2.24, 2.45) is 0 Å². The number of halogens is 1. The van der Waals surface area contributed by atoms with Crippen molar-refractivity contribution in [1.29, 1.82) is 0 Å². The molecule has 0 unspecified atom stereocenters. The molecule has 0 aliphatic heterocycles. The molecule has 92 valence electrons. The SMILES string of the molecule is COCCOCCOCCC[Si](C)(C)Cl. The third-order valence-corrected chi connectivity index (χ3v) is 3.97. The van der Waals surface area contributed by atoms with Crippen LogP contribution >= 0.6 is 11.1 Å². The number of ether oxygens (including phenoxy) is 3. The third kappa shape index (κ3) is 14.4. The van der Waals surface area contributed by atoms with Crippen LogP contribution in [-0.4, -0.2) is 47.5 Å². The Bertz CT molecular complexity index is 139. The van der Waals surface area contributed by atoms with Crippen LogP contribution in [0.1, 0.15) is 6.42 Å². The molecule has 0 fully saturated rings. The largest absolute Gasteiger partial charge is 0.382 e. The van der Waals surface area contributed by atoms with E-state index in [4.69, 9.17) is 25.3 Å². The van der Waals surface area contributed by atoms with Crippen LogP contribution < -0.4 is 0 Å². The predicted molar refractivity (Wildman–Crippen MR) is 66.3 cm³/mol. The minimum absolute atomic E-state index is 0.640. The van der Waals surface area contributed by atoms with Crippen molar-refractivity contribution < 1.29 is 14.2 Å². The molecule has 0 aliphatic carbocycles. The van der Waals surface area contributed by atoms with E-state index in [2.05, 4.69) is 13.1 Å². The zero-order chi connectivity index (χ0) is 11.6. The highest BCUT2D eigenvalue weighted by atomic mass is 35.6. The molecule has 0 heterocycles. The van der Waals surface area contributed by atoms with Gasteiger partial charge in [0.15, 0.2) is 7.38 Å². The van der Waals surface area contributed by atoms with Gasteiger partial charge in [0.2, 0.25) is 0 Å². The average molecular weight is 255 g/mol. The maximum Gasteiger partial charge on any atom is 0.150 e. The van der Waals surface area contributed by atoms with Crippen molar-refractivity contribution in [2.45, 2.75) is 25.6 Å². The second kappa shape index (κ2) is 9.60. The molecule has 3 nitrogen and oxygen atoms in total. The molecule has 0 rings (SSSR count). The molecule has 0 aromatic rings. The first kappa shape index (κ1) is 15.4. The monoisotopic (exact) mass is 254 g/mol. The average Bonchev–Trinajstić information content (AvgIpc) is 2.14. The summed E-state index contributed by atoms with van der Waals surface area (Å²) in [6, 6.07) is 1.11. The van der Waals surface area contributed by atoms with Gasteiger partial charge in [0.1, 0.15) is 0 Å². The third-order valence-electron chi connectivity index (χ3n) is 1.86. The molecule has 5 heteroatoms. The molecule has 0 N–H and O–H groups in total. The maximum atomic E-state index is 6.18. The Balaban J connectivity index is 2.99. The van der Waals surface area contributed by atoms with Gasteiger partial charge in [-0.3, -0.25) is 0 Å². The number of hydrogen-bond donors (Lipinski definition) is 0. The van der Waals surface area contributed by atoms with Crippen LogP contribution in [0.15, 0.2) is 0 Å². The molecule has 0 aliphatic rings. The van der Waals surface area contributed by atoms with Gasteiger partial charge in [0.25, 0.3) is 0 Å². The predicted octanol–water partition coefficient (Wildman–Crippen LogP) is 2.50. The first-order valence-electron chi connectivity index (χ1n) is 5.39. The van der Waals surface area contributed by atoms with Crippen LogP contribution in [0.5, 0.6) is 0 Å². The molecule has 0 saturated carbocycles. The molecule has 0 aromatic carbocycles. The molecular weight excluding hydrogens is 232 g/mol. The smallest absolute Gasteiger partial charge is 0.150 e. The summed E-state index contributed by atoms with van der Waals surface area (Å²) in [7, 11) is 0.265. The van der Waals surface area contributed by atoms with Gasteiger partial charge >= 0.3 is 0 Å². The Hall–Kier alpha value is 0.387. The zero-order valence-electron chi connectivity index (χ0n) is 10.1. The van der Waals surface area contributed by atoms with Crippen molar-refractivity contribution in [3.8, 4) is 0 Å². The lowest BCUT2D eigenvalue weighted by atomic mass is 10.5. The summed E-state index contributed by atoms with van der Waals surface area (Å²) in [5.74, 6) is 0. The van der Waals surface area contributed by atoms with Gasteiger partial charge in [-0.15, -0.1) is 0 Å². The highest BCUT2D eigenvalue weighted by Crippen LogP contribution is 2.15. The van der Waals surface area contributed by atoms with E-state index in [-0.39, 0.29) is 0 Å². The van der Waals surface area contributed by atoms with Crippen LogP contribution in [0, 0.1) is 0 Å². The van der Waals surface area contributed by atoms with Gasteiger partial charge in [-0.1, -0.05) is 13.1 Å². The van der Waals surface area contributed by atoms with Crippen molar-refractivity contribution >= 4 is 18.5 Å². The highest BCUT2D eigenvalue weighted by Gasteiger charge is 2.15. The fourth-order valence-electron chi connectivity index (χ4n) is 1.06. The Morgan fingerprint density at radius 3 is 2.00 bits per heavy atom. The van der Waals surface area contributed by atoms with Crippen molar-refractivity contribution in [3.05, 3.63) is 0 Å². The van der Waals surface area contributed by atoms with Crippen molar-refractivity contribution in [2.75, 3.05) is 40.1 Å². The van der Waals surface area contributed by atoms with E-state index in [0.29, 0.717) is 26.4 Å². The Morgan fingerprint density at radius 1 is 0.933 bits per heavy atom. The quantitative estimate of drug-likeness (QED) is 0.341. The normalized spacial score (nSPS) is 12.0. The topological polar surface area (TPSA) is 27.7 Å². The molecule has 0 saturated heterocycles. The molecule has 0 bridgehead atoms. The summed E-state index contributed by atoms with van der Waals surface area (Å²) in [5.41, 5.74) is 0. The van der Waals surface area contributed by atoms with Crippen LogP contribution in [0.3, 0.4) is 0 Å². The molecule has 0 atom stereocenters. The number of methoxy groups -OCH3 is 1. The van der Waals surface area contributed by atoms with Gasteiger partial charge in [-0.25, -0.2) is 0 Å². The van der Waals surface area contributed by atoms with Crippen LogP contribution in [-0.2, 0) is 14.2 Å². The van der Waals surface area contributed by atoms with E-state index in [1.54, 1.807) is 7.11 Å². The zero-order valence-corrected chi connectivity index (χ0v) is 11.8. The first-order chi connectivity index (χ1) is 7.06. The fourth-order valence-corrected chi connectivity index (χ4v) is 2.44. The van der Waals surface area contributed by atoms with E-state index in [1.165, 1.54) is 0 Å². The molecular formula is C10H23ClO3Si. The van der Waals surface area contributed by atoms with E-state index in [0.717, 1.165) is 19.1 Å². The van der Waals surface area contributed by atoms with Gasteiger partial charge in [0, 0.05) is 13.7 Å². The van der Waals surface area contributed by atoms with Crippen molar-refractivity contribution in [1.82, 2.24) is 0 Å². The minimum Gasteiger partial charge on any atom is -0.382 e. The fraction of sp³-hybridized carbons (Fsp3) is 1.00. The molecule has 0 spiro atoms. The Kier molecular flexibility index (Phi) is 9.85. The van der Waals surface area contributed by atoms with Gasteiger partial charge < -0.3 is 14.2 Å². The summed E-state index contributed by atoms with van der Waals surface area (Å²) in [6.45, 7) is 7.69. The Morgan fingerprint density at radius 2 is 1.47 bits per heavy atom. The second-order valence-corrected chi connectivity index (χ2v) is 11.0. The standard InChI is InChI=1S/C10H23ClO3Si/c1-12-6-7-14-9-8-13-5-4-10-15(2,3)11/h4-10H2,1-3H3. The molecule has 0 aromatic heterocycles. The van der Waals surface area contributed by atoms with E-state index in [9.17, 15) is 0 Å².